The van der Waals surface area contributed by atoms with Crippen molar-refractivity contribution in [2.75, 3.05) is 4.72 Å². The van der Waals surface area contributed by atoms with Gasteiger partial charge in [0.05, 0.1) is 10.6 Å². The number of carboxylic acid groups (broad SMARTS) is 1. The topological polar surface area (TPSA) is 96.6 Å². The Morgan fingerprint density at radius 2 is 1.61 bits per heavy atom. The maximum Gasteiger partial charge on any atom is 0.339 e. The number of furan rings is 1. The molecule has 0 amide bonds. The molecule has 1 heterocycles. The summed E-state index contributed by atoms with van der Waals surface area (Å²) in [5.41, 5.74) is 1.69. The van der Waals surface area contributed by atoms with Gasteiger partial charge in [0.25, 0.3) is 10.0 Å². The van der Waals surface area contributed by atoms with Crippen LogP contribution in [0.25, 0.3) is 21.7 Å². The lowest BCUT2D eigenvalue weighted by atomic mass is 10.0. The van der Waals surface area contributed by atoms with Gasteiger partial charge in [0, 0.05) is 16.2 Å². The van der Waals surface area contributed by atoms with E-state index in [4.69, 9.17) is 4.42 Å². The number of carbonyl (C=O) groups is 1. The second-order valence-corrected chi connectivity index (χ2v) is 8.29. The molecule has 142 valence electrons. The number of carboxylic acids is 1. The standard InChI is InChI=1S/C21H17NO5S/c1-12-7-9-14(10-8-12)28(25,26)22-18-11-17-19(21(23)24)13(2)27-20(17)16-6-4-3-5-15(16)18/h3-11,22H,1-2H3,(H,23,24). The predicted molar refractivity (Wildman–Crippen MR) is 107 cm³/mol. The summed E-state index contributed by atoms with van der Waals surface area (Å²) < 4.78 is 34.0. The van der Waals surface area contributed by atoms with Crippen LogP contribution in [-0.4, -0.2) is 19.5 Å². The van der Waals surface area contributed by atoms with Gasteiger partial charge in [-0.1, -0.05) is 42.0 Å². The Hall–Kier alpha value is -3.32. The highest BCUT2D eigenvalue weighted by molar-refractivity contribution is 7.92. The van der Waals surface area contributed by atoms with Gasteiger partial charge in [0.15, 0.2) is 0 Å². The average molecular weight is 395 g/mol. The minimum Gasteiger partial charge on any atom is -0.478 e. The molecular formula is C21H17NO5S. The average Bonchev–Trinajstić information content (AvgIpc) is 2.98. The van der Waals surface area contributed by atoms with E-state index in [1.165, 1.54) is 18.2 Å². The summed E-state index contributed by atoms with van der Waals surface area (Å²) in [4.78, 5) is 11.8. The molecule has 0 saturated heterocycles. The maximum absolute atomic E-state index is 12.9. The van der Waals surface area contributed by atoms with Crippen molar-refractivity contribution in [1.29, 1.82) is 0 Å². The third kappa shape index (κ3) is 2.90. The molecular weight excluding hydrogens is 378 g/mol. The second kappa shape index (κ2) is 6.38. The number of aromatic carboxylic acids is 1. The molecule has 4 rings (SSSR count). The normalized spacial score (nSPS) is 11.8. The Labute approximate surface area is 161 Å². The molecule has 7 heteroatoms. The minimum atomic E-state index is -3.84. The third-order valence-electron chi connectivity index (χ3n) is 4.66. The lowest BCUT2D eigenvalue weighted by molar-refractivity contribution is 0.0697. The first kappa shape index (κ1) is 18.1. The number of hydrogen-bond acceptors (Lipinski definition) is 4. The molecule has 2 N–H and O–H groups in total. The Kier molecular flexibility index (Phi) is 4.12. The highest BCUT2D eigenvalue weighted by Crippen LogP contribution is 2.37. The smallest absolute Gasteiger partial charge is 0.339 e. The highest BCUT2D eigenvalue weighted by Gasteiger charge is 2.22. The van der Waals surface area contributed by atoms with Crippen LogP contribution in [0.5, 0.6) is 0 Å². The van der Waals surface area contributed by atoms with Crippen LogP contribution >= 0.6 is 0 Å². The molecule has 0 aliphatic rings. The van der Waals surface area contributed by atoms with E-state index >= 15 is 0 Å². The fourth-order valence-corrected chi connectivity index (χ4v) is 4.38. The first-order valence-electron chi connectivity index (χ1n) is 8.55. The fourth-order valence-electron chi connectivity index (χ4n) is 3.31. The predicted octanol–water partition coefficient (Wildman–Crippen LogP) is 4.70. The molecule has 0 fully saturated rings. The van der Waals surface area contributed by atoms with Crippen molar-refractivity contribution in [2.45, 2.75) is 18.7 Å². The van der Waals surface area contributed by atoms with E-state index < -0.39 is 16.0 Å². The van der Waals surface area contributed by atoms with Gasteiger partial charge in [-0.2, -0.15) is 0 Å². The Balaban J connectivity index is 1.96. The molecule has 0 bridgehead atoms. The van der Waals surface area contributed by atoms with Crippen LogP contribution in [0.3, 0.4) is 0 Å². The summed E-state index contributed by atoms with van der Waals surface area (Å²) in [7, 11) is -3.84. The van der Waals surface area contributed by atoms with Crippen molar-refractivity contribution in [3.05, 3.63) is 71.5 Å². The first-order chi connectivity index (χ1) is 13.3. The largest absolute Gasteiger partial charge is 0.478 e. The molecule has 4 aromatic rings. The maximum atomic E-state index is 12.9. The van der Waals surface area contributed by atoms with Crippen molar-refractivity contribution in [2.24, 2.45) is 0 Å². The summed E-state index contributed by atoms with van der Waals surface area (Å²) in [6.07, 6.45) is 0. The van der Waals surface area contributed by atoms with Gasteiger partial charge in [0.1, 0.15) is 16.9 Å². The van der Waals surface area contributed by atoms with Gasteiger partial charge in [-0.15, -0.1) is 0 Å². The van der Waals surface area contributed by atoms with E-state index in [1.807, 2.05) is 6.92 Å². The number of hydrogen-bond donors (Lipinski definition) is 2. The van der Waals surface area contributed by atoms with Crippen LogP contribution in [-0.2, 0) is 10.0 Å². The van der Waals surface area contributed by atoms with Gasteiger partial charge in [-0.05, 0) is 32.0 Å². The van der Waals surface area contributed by atoms with Gasteiger partial charge < -0.3 is 9.52 Å². The van der Waals surface area contributed by atoms with Gasteiger partial charge in [-0.3, -0.25) is 4.72 Å². The molecule has 0 aliphatic carbocycles. The summed E-state index contributed by atoms with van der Waals surface area (Å²) in [6.45, 7) is 3.45. The van der Waals surface area contributed by atoms with Crippen LogP contribution in [0.1, 0.15) is 21.7 Å². The zero-order chi connectivity index (χ0) is 20.1. The van der Waals surface area contributed by atoms with Gasteiger partial charge >= 0.3 is 5.97 Å². The highest BCUT2D eigenvalue weighted by atomic mass is 32.2. The third-order valence-corrected chi connectivity index (χ3v) is 6.04. The second-order valence-electron chi connectivity index (χ2n) is 6.60. The van der Waals surface area contributed by atoms with Gasteiger partial charge in [0.2, 0.25) is 0 Å². The van der Waals surface area contributed by atoms with Crippen LogP contribution in [0.2, 0.25) is 0 Å². The summed E-state index contributed by atoms with van der Waals surface area (Å²) in [6, 6.07) is 15.1. The lowest BCUT2D eigenvalue weighted by Crippen LogP contribution is -2.13. The molecule has 1 aromatic heterocycles. The van der Waals surface area contributed by atoms with Crippen molar-refractivity contribution < 1.29 is 22.7 Å². The molecule has 6 nitrogen and oxygen atoms in total. The zero-order valence-corrected chi connectivity index (χ0v) is 16.0. The summed E-state index contributed by atoms with van der Waals surface area (Å²) in [5, 5.41) is 11.2. The minimum absolute atomic E-state index is 0.0246. The molecule has 0 radical (unpaired) electrons. The lowest BCUT2D eigenvalue weighted by Gasteiger charge is -2.12. The summed E-state index contributed by atoms with van der Waals surface area (Å²) >= 11 is 0. The molecule has 0 aliphatic heterocycles. The number of nitrogens with one attached hydrogen (secondary N) is 1. The van der Waals surface area contributed by atoms with Crippen molar-refractivity contribution in [3.8, 4) is 0 Å². The van der Waals surface area contributed by atoms with Crippen LogP contribution < -0.4 is 4.72 Å². The van der Waals surface area contributed by atoms with Crippen LogP contribution in [0.15, 0.2) is 63.9 Å². The summed E-state index contributed by atoms with van der Waals surface area (Å²) in [5.74, 6) is -0.856. The van der Waals surface area contributed by atoms with Crippen LogP contribution in [0, 0.1) is 13.8 Å². The molecule has 0 unspecified atom stereocenters. The number of benzene rings is 3. The van der Waals surface area contributed by atoms with E-state index in [1.54, 1.807) is 43.3 Å². The van der Waals surface area contributed by atoms with E-state index in [2.05, 4.69) is 4.72 Å². The number of anilines is 1. The number of sulfonamides is 1. The first-order valence-corrected chi connectivity index (χ1v) is 10.0. The van der Waals surface area contributed by atoms with E-state index in [9.17, 15) is 18.3 Å². The molecule has 0 saturated carbocycles. The number of rotatable bonds is 4. The number of aryl methyl sites for hydroxylation is 2. The fraction of sp³-hybridized carbons (Fsp3) is 0.0952. The Morgan fingerprint density at radius 3 is 2.25 bits per heavy atom. The van der Waals surface area contributed by atoms with Crippen LogP contribution in [0.4, 0.5) is 5.69 Å². The quantitative estimate of drug-likeness (QED) is 0.522. The molecule has 0 atom stereocenters. The Morgan fingerprint density at radius 1 is 0.964 bits per heavy atom. The van der Waals surface area contributed by atoms with E-state index in [0.717, 1.165) is 5.56 Å². The molecule has 0 spiro atoms. The van der Waals surface area contributed by atoms with Crippen molar-refractivity contribution in [1.82, 2.24) is 0 Å². The van der Waals surface area contributed by atoms with Crippen molar-refractivity contribution >= 4 is 43.4 Å². The molecule has 28 heavy (non-hydrogen) atoms. The SMILES string of the molecule is Cc1ccc(S(=O)(=O)Nc2cc3c(C(=O)O)c(C)oc3c3ccccc23)cc1. The van der Waals surface area contributed by atoms with E-state index in [-0.39, 0.29) is 16.2 Å². The monoisotopic (exact) mass is 395 g/mol. The number of fused-ring (bicyclic) bond motifs is 3. The van der Waals surface area contributed by atoms with Crippen molar-refractivity contribution in [3.63, 3.8) is 0 Å². The van der Waals surface area contributed by atoms with Gasteiger partial charge in [-0.25, -0.2) is 13.2 Å². The Bertz CT molecular complexity index is 1330. The zero-order valence-electron chi connectivity index (χ0n) is 15.2. The van der Waals surface area contributed by atoms with E-state index in [0.29, 0.717) is 27.4 Å². The molecule has 3 aromatic carbocycles.